The van der Waals surface area contributed by atoms with Crippen molar-refractivity contribution in [3.05, 3.63) is 102 Å². The van der Waals surface area contributed by atoms with E-state index >= 15 is 0 Å². The zero-order chi connectivity index (χ0) is 23.7. The number of aromatic nitrogens is 2. The van der Waals surface area contributed by atoms with Crippen LogP contribution in [0.2, 0.25) is 0 Å². The lowest BCUT2D eigenvalue weighted by molar-refractivity contribution is 0.0691. The predicted octanol–water partition coefficient (Wildman–Crippen LogP) is 6.53. The summed E-state index contributed by atoms with van der Waals surface area (Å²) in [6, 6.07) is 25.4. The number of pyridine rings is 2. The average Bonchev–Trinajstić information content (AvgIpc) is 3.29. The van der Waals surface area contributed by atoms with Crippen LogP contribution in [0.25, 0.3) is 21.8 Å². The Bertz CT molecular complexity index is 1590. The molecule has 3 N–H and O–H groups in total. The third-order valence-corrected chi connectivity index (χ3v) is 5.52. The number of carboxylic acid groups (broad SMARTS) is 1. The number of hydrogen-bond donors (Lipinski definition) is 3. The summed E-state index contributed by atoms with van der Waals surface area (Å²) in [5.74, 6) is -0.902. The zero-order valence-electron chi connectivity index (χ0n) is 17.9. The number of nitrogens with zero attached hydrogens (tertiary/aromatic N) is 3. The maximum Gasteiger partial charge on any atom is 0.354 e. The molecule has 1 aliphatic heterocycles. The summed E-state index contributed by atoms with van der Waals surface area (Å²) in [7, 11) is 0. The molecule has 0 saturated carbocycles. The largest absolute Gasteiger partial charge is 0.506 e. The van der Waals surface area contributed by atoms with Gasteiger partial charge in [0.2, 0.25) is 0 Å². The van der Waals surface area contributed by atoms with E-state index in [1.807, 2.05) is 42.5 Å². The molecule has 7 nitrogen and oxygen atoms in total. The third-order valence-electron chi connectivity index (χ3n) is 5.52. The van der Waals surface area contributed by atoms with Crippen LogP contribution < -0.4 is 0 Å². The van der Waals surface area contributed by atoms with Gasteiger partial charge in [-0.2, -0.15) is 0 Å². The molecule has 3 heterocycles. The van der Waals surface area contributed by atoms with Crippen LogP contribution in [0.3, 0.4) is 0 Å². The van der Waals surface area contributed by atoms with Gasteiger partial charge >= 0.3 is 5.97 Å². The summed E-state index contributed by atoms with van der Waals surface area (Å²) in [6.45, 7) is 0. The number of fused-ring (bicyclic) bond motifs is 3. The monoisotopic (exact) mass is 481 g/mol. The van der Waals surface area contributed by atoms with Gasteiger partial charge in [-0.05, 0) is 35.9 Å². The fraction of sp³-hybridized carbons (Fsp3) is 0.103. The van der Waals surface area contributed by atoms with Crippen molar-refractivity contribution in [3.63, 3.8) is 0 Å². The molecule has 0 atom stereocenters. The number of aromatic hydroxyl groups is 2. The minimum atomic E-state index is -1.10. The molecule has 0 unspecified atom stereocenters. The Kier molecular flexibility index (Phi) is 7.64. The van der Waals surface area contributed by atoms with Crippen molar-refractivity contribution in [2.45, 2.75) is 21.3 Å². The Labute approximate surface area is 209 Å². The lowest BCUT2D eigenvalue weighted by Gasteiger charge is -2.04. The molecule has 0 aliphatic carbocycles. The van der Waals surface area contributed by atoms with Crippen LogP contribution in [-0.2, 0) is 6.42 Å². The van der Waals surface area contributed by atoms with E-state index in [0.29, 0.717) is 11.0 Å². The van der Waals surface area contributed by atoms with E-state index in [0.717, 1.165) is 34.3 Å². The van der Waals surface area contributed by atoms with Crippen LogP contribution in [0.1, 0.15) is 36.6 Å². The zero-order valence-corrected chi connectivity index (χ0v) is 17.9. The second kappa shape index (κ2) is 10.7. The highest BCUT2D eigenvalue weighted by Crippen LogP contribution is 2.29. The van der Waals surface area contributed by atoms with Crippen molar-refractivity contribution in [2.75, 3.05) is 0 Å². The number of para-hydroxylation sites is 3. The third kappa shape index (κ3) is 5.00. The molecule has 5 aromatic rings. The van der Waals surface area contributed by atoms with E-state index in [1.165, 1.54) is 17.7 Å². The molecule has 182 valence electrons. The van der Waals surface area contributed by atoms with Gasteiger partial charge in [0, 0.05) is 17.2 Å². The second-order valence-corrected chi connectivity index (χ2v) is 7.76. The molecule has 0 amide bonds. The summed E-state index contributed by atoms with van der Waals surface area (Å²) in [4.78, 5) is 23.6. The number of phenols is 2. The van der Waals surface area contributed by atoms with E-state index < -0.39 is 5.97 Å². The van der Waals surface area contributed by atoms with Gasteiger partial charge in [0.05, 0.1) is 17.1 Å². The van der Waals surface area contributed by atoms with E-state index in [1.54, 1.807) is 24.3 Å². The molecule has 0 spiro atoms. The Morgan fingerprint density at radius 1 is 0.694 bits per heavy atom. The molecule has 0 radical (unpaired) electrons. The molecule has 36 heavy (non-hydrogen) atoms. The van der Waals surface area contributed by atoms with Gasteiger partial charge in [-0.25, -0.2) is 14.8 Å². The number of phenolic OH excluding ortho intramolecular Hbond substituents is 2. The minimum Gasteiger partial charge on any atom is -0.506 e. The SMILES string of the molecule is C.C.O=C(O)c1ccc2cccc(O)c2n1.Oc1cccc2ccc(C3=Nc4ccccc4C3)nc12. The number of hydrogen-bond acceptors (Lipinski definition) is 6. The summed E-state index contributed by atoms with van der Waals surface area (Å²) >= 11 is 0. The van der Waals surface area contributed by atoms with Gasteiger partial charge in [0.25, 0.3) is 0 Å². The maximum atomic E-state index is 10.6. The standard InChI is InChI=1S/C17H12N2O.C10H7NO3.2CH4/c20-16-7-3-5-11-8-9-14(19-17(11)16)15-10-12-4-1-2-6-13(12)18-15;12-8-3-1-2-6-4-5-7(10(13)14)11-9(6)8;;/h1-9,20H,10H2;1-5,12H,(H,13,14);2*1H4. The molecule has 0 bridgehead atoms. The van der Waals surface area contributed by atoms with Gasteiger partial charge in [0.1, 0.15) is 28.2 Å². The summed E-state index contributed by atoms with van der Waals surface area (Å²) in [6.07, 6.45) is 0.794. The van der Waals surface area contributed by atoms with Gasteiger partial charge in [-0.3, -0.25) is 4.99 Å². The first-order valence-electron chi connectivity index (χ1n) is 10.6. The second-order valence-electron chi connectivity index (χ2n) is 7.76. The van der Waals surface area contributed by atoms with Crippen LogP contribution in [-0.4, -0.2) is 37.0 Å². The molecule has 0 fully saturated rings. The number of benzene rings is 3. The molecule has 7 heteroatoms. The summed E-state index contributed by atoms with van der Waals surface area (Å²) in [5, 5.41) is 29.7. The van der Waals surface area contributed by atoms with Crippen molar-refractivity contribution in [1.29, 1.82) is 0 Å². The predicted molar refractivity (Wildman–Crippen MR) is 144 cm³/mol. The Morgan fingerprint density at radius 2 is 1.31 bits per heavy atom. The number of aromatic carboxylic acids is 1. The normalized spacial score (nSPS) is 11.4. The van der Waals surface area contributed by atoms with Crippen LogP contribution >= 0.6 is 0 Å². The average molecular weight is 482 g/mol. The van der Waals surface area contributed by atoms with Crippen molar-refractivity contribution in [3.8, 4) is 11.5 Å². The fourth-order valence-corrected chi connectivity index (χ4v) is 3.83. The fourth-order valence-electron chi connectivity index (χ4n) is 3.83. The van der Waals surface area contributed by atoms with E-state index in [9.17, 15) is 15.0 Å². The highest BCUT2D eigenvalue weighted by Gasteiger charge is 2.17. The molecule has 1 aliphatic rings. The Hall–Kier alpha value is -4.78. The van der Waals surface area contributed by atoms with Gasteiger partial charge in [-0.15, -0.1) is 0 Å². The summed E-state index contributed by atoms with van der Waals surface area (Å²) < 4.78 is 0. The smallest absolute Gasteiger partial charge is 0.354 e. The Morgan fingerprint density at radius 3 is 1.94 bits per heavy atom. The first-order chi connectivity index (χ1) is 16.5. The van der Waals surface area contributed by atoms with Crippen molar-refractivity contribution >= 4 is 39.2 Å². The van der Waals surface area contributed by atoms with E-state index in [-0.39, 0.29) is 32.0 Å². The molecule has 6 rings (SSSR count). The molecule has 2 aromatic heterocycles. The Balaban J connectivity index is 0.000000201. The van der Waals surface area contributed by atoms with E-state index in [2.05, 4.69) is 21.0 Å². The highest BCUT2D eigenvalue weighted by molar-refractivity contribution is 6.06. The first kappa shape index (κ1) is 25.8. The van der Waals surface area contributed by atoms with Crippen LogP contribution in [0.15, 0.2) is 89.9 Å². The summed E-state index contributed by atoms with van der Waals surface area (Å²) in [5.41, 5.74) is 4.89. The van der Waals surface area contributed by atoms with Crippen molar-refractivity contribution < 1.29 is 20.1 Å². The van der Waals surface area contributed by atoms with Crippen LogP contribution in [0.5, 0.6) is 11.5 Å². The lowest BCUT2D eigenvalue weighted by atomic mass is 10.1. The molecule has 3 aromatic carbocycles. The molecular formula is C29H27N3O4. The quantitative estimate of drug-likeness (QED) is 0.264. The maximum absolute atomic E-state index is 10.6. The van der Waals surface area contributed by atoms with E-state index in [4.69, 9.17) is 5.11 Å². The van der Waals surface area contributed by atoms with Crippen molar-refractivity contribution in [2.24, 2.45) is 4.99 Å². The lowest BCUT2D eigenvalue weighted by Crippen LogP contribution is -2.03. The number of rotatable bonds is 2. The topological polar surface area (TPSA) is 116 Å². The van der Waals surface area contributed by atoms with Gasteiger partial charge < -0.3 is 15.3 Å². The number of carbonyl (C=O) groups is 1. The van der Waals surface area contributed by atoms with Gasteiger partial charge in [0.15, 0.2) is 0 Å². The highest BCUT2D eigenvalue weighted by atomic mass is 16.4. The van der Waals surface area contributed by atoms with Crippen LogP contribution in [0.4, 0.5) is 5.69 Å². The molecule has 0 saturated heterocycles. The van der Waals surface area contributed by atoms with Gasteiger partial charge in [-0.1, -0.05) is 69.5 Å². The van der Waals surface area contributed by atoms with Crippen molar-refractivity contribution in [1.82, 2.24) is 9.97 Å². The van der Waals surface area contributed by atoms with Crippen LogP contribution in [0, 0.1) is 0 Å². The minimum absolute atomic E-state index is 0. The number of carboxylic acids is 1. The molecular weight excluding hydrogens is 454 g/mol. The number of aliphatic imine (C=N–C) groups is 1. The first-order valence-corrected chi connectivity index (χ1v) is 10.6.